The molecular weight excluding hydrogens is 524 g/mol. The van der Waals surface area contributed by atoms with Crippen LogP contribution in [0.25, 0.3) is 10.4 Å². The van der Waals surface area contributed by atoms with Crippen LogP contribution in [-0.4, -0.2) is 28.4 Å². The van der Waals surface area contributed by atoms with Crippen LogP contribution < -0.4 is 10.1 Å². The first-order chi connectivity index (χ1) is 19.4. The van der Waals surface area contributed by atoms with Crippen molar-refractivity contribution in [3.8, 4) is 12.0 Å². The second-order valence-corrected chi connectivity index (χ2v) is 11.2. The first-order valence-electron chi connectivity index (χ1n) is 13.3. The van der Waals surface area contributed by atoms with Gasteiger partial charge >= 0.3 is 0 Å². The molecule has 2 aromatic carbocycles. The number of carbonyl (C=O) groups is 2. The number of ether oxygens (including phenoxy) is 1. The second-order valence-electron chi connectivity index (χ2n) is 9.94. The number of benzene rings is 2. The lowest BCUT2D eigenvalue weighted by Crippen LogP contribution is -2.54. The molecule has 0 saturated carbocycles. The molecule has 1 amide bonds. The standard InChI is InChI=1S/C30H32N6O3S/c1-3-16-30(17-5-4-6-27(30)37)26-15-18-40-29(24-11-9-23(10-12-24)28(38)34-35-32)33-21(2)36(26)19-22-7-13-25(14-8-22)39-20-31/h4,6-14,26,29,33H,2-3,5,15-19H2,1H3. The van der Waals surface area contributed by atoms with Crippen LogP contribution in [0.3, 0.4) is 0 Å². The molecular formula is C30H32N6O3S. The number of nitriles is 1. The predicted molar refractivity (Wildman–Crippen MR) is 155 cm³/mol. The third-order valence-electron chi connectivity index (χ3n) is 7.58. The zero-order valence-corrected chi connectivity index (χ0v) is 23.3. The van der Waals surface area contributed by atoms with Gasteiger partial charge in [-0.15, -0.1) is 17.0 Å². The Labute approximate surface area is 238 Å². The third-order valence-corrected chi connectivity index (χ3v) is 8.78. The van der Waals surface area contributed by atoms with Crippen molar-refractivity contribution >= 4 is 23.5 Å². The Balaban J connectivity index is 1.66. The lowest BCUT2D eigenvalue weighted by atomic mass is 9.66. The van der Waals surface area contributed by atoms with Gasteiger partial charge < -0.3 is 15.0 Å². The monoisotopic (exact) mass is 556 g/mol. The van der Waals surface area contributed by atoms with Crippen LogP contribution in [0, 0.1) is 16.9 Å². The summed E-state index contributed by atoms with van der Waals surface area (Å²) in [4.78, 5) is 30.3. The fourth-order valence-electron chi connectivity index (χ4n) is 5.70. The maximum atomic E-state index is 13.6. The van der Waals surface area contributed by atoms with Crippen LogP contribution in [0.1, 0.15) is 65.9 Å². The Morgan fingerprint density at radius 1 is 1.30 bits per heavy atom. The zero-order valence-electron chi connectivity index (χ0n) is 22.5. The van der Waals surface area contributed by atoms with Crippen molar-refractivity contribution < 1.29 is 14.3 Å². The highest BCUT2D eigenvalue weighted by Gasteiger charge is 2.47. The summed E-state index contributed by atoms with van der Waals surface area (Å²) in [6, 6.07) is 14.3. The molecule has 3 unspecified atom stereocenters. The van der Waals surface area contributed by atoms with Gasteiger partial charge in [0.05, 0.1) is 16.6 Å². The van der Waals surface area contributed by atoms with Crippen molar-refractivity contribution in [1.29, 1.82) is 5.26 Å². The van der Waals surface area contributed by atoms with Gasteiger partial charge in [0.25, 0.3) is 6.26 Å². The lowest BCUT2D eigenvalue weighted by molar-refractivity contribution is -0.130. The van der Waals surface area contributed by atoms with Crippen molar-refractivity contribution in [2.24, 2.45) is 10.5 Å². The van der Waals surface area contributed by atoms with E-state index in [0.717, 1.165) is 49.0 Å². The van der Waals surface area contributed by atoms with Gasteiger partial charge in [0.2, 0.25) is 5.91 Å². The number of hydrogen-bond acceptors (Lipinski definition) is 7. The summed E-state index contributed by atoms with van der Waals surface area (Å²) >= 11 is 1.74. The maximum absolute atomic E-state index is 13.6. The average Bonchev–Trinajstić information content (AvgIpc) is 2.95. The van der Waals surface area contributed by atoms with Crippen LogP contribution in [0.15, 0.2) is 78.2 Å². The van der Waals surface area contributed by atoms with Crippen molar-refractivity contribution in [3.05, 3.63) is 100 Å². The molecule has 1 saturated heterocycles. The number of nitrogens with one attached hydrogen (secondary N) is 1. The van der Waals surface area contributed by atoms with E-state index in [9.17, 15) is 9.59 Å². The summed E-state index contributed by atoms with van der Waals surface area (Å²) in [6.45, 7) is 7.10. The quantitative estimate of drug-likeness (QED) is 0.164. The largest absolute Gasteiger partial charge is 0.388 e. The Morgan fingerprint density at radius 3 is 2.70 bits per heavy atom. The van der Waals surface area contributed by atoms with Gasteiger partial charge in [-0.05, 0) is 71.4 Å². The maximum Gasteiger partial charge on any atom is 0.292 e. The van der Waals surface area contributed by atoms with Crippen LogP contribution in [-0.2, 0) is 11.3 Å². The first kappa shape index (κ1) is 28.8. The van der Waals surface area contributed by atoms with Crippen molar-refractivity contribution in [1.82, 2.24) is 10.2 Å². The summed E-state index contributed by atoms with van der Waals surface area (Å²) in [7, 11) is 0. The Hall–Kier alpha value is -4.19. The fraction of sp³-hybridized carbons (Fsp3) is 0.367. The summed E-state index contributed by atoms with van der Waals surface area (Å²) in [6.07, 6.45) is 9.60. The van der Waals surface area contributed by atoms with Gasteiger partial charge in [-0.1, -0.05) is 62.4 Å². The lowest BCUT2D eigenvalue weighted by Gasteiger charge is -2.49. The van der Waals surface area contributed by atoms with E-state index in [1.54, 1.807) is 48.4 Å². The van der Waals surface area contributed by atoms with Crippen LogP contribution in [0.2, 0.25) is 0 Å². The first-order valence-corrected chi connectivity index (χ1v) is 14.4. The Bertz CT molecular complexity index is 1360. The van der Waals surface area contributed by atoms with E-state index in [2.05, 4.69) is 33.7 Å². The van der Waals surface area contributed by atoms with Crippen LogP contribution >= 0.6 is 11.8 Å². The predicted octanol–water partition coefficient (Wildman–Crippen LogP) is 6.77. The highest BCUT2D eigenvalue weighted by atomic mass is 32.2. The molecule has 2 aromatic rings. The highest BCUT2D eigenvalue weighted by Crippen LogP contribution is 2.45. The van der Waals surface area contributed by atoms with Gasteiger partial charge in [-0.2, -0.15) is 0 Å². The number of thioether (sulfide) groups is 1. The van der Waals surface area contributed by atoms with Crippen LogP contribution in [0.5, 0.6) is 5.75 Å². The summed E-state index contributed by atoms with van der Waals surface area (Å²) in [5.41, 5.74) is 10.3. The number of allylic oxidation sites excluding steroid dienone is 2. The summed E-state index contributed by atoms with van der Waals surface area (Å²) in [5.74, 6) is 1.56. The van der Waals surface area contributed by atoms with Gasteiger partial charge in [-0.25, -0.2) is 0 Å². The molecule has 0 radical (unpaired) electrons. The Kier molecular flexibility index (Phi) is 9.54. The minimum atomic E-state index is -0.621. The number of carbonyl (C=O) groups excluding carboxylic acids is 2. The number of amides is 1. The van der Waals surface area contributed by atoms with E-state index in [-0.39, 0.29) is 17.2 Å². The molecule has 1 aliphatic heterocycles. The number of rotatable bonds is 8. The molecule has 0 bridgehead atoms. The fourth-order valence-corrected chi connectivity index (χ4v) is 6.86. The molecule has 4 rings (SSSR count). The summed E-state index contributed by atoms with van der Waals surface area (Å²) < 4.78 is 4.95. The van der Waals surface area contributed by atoms with E-state index in [4.69, 9.17) is 15.5 Å². The average molecular weight is 557 g/mol. The molecule has 9 nitrogen and oxygen atoms in total. The summed E-state index contributed by atoms with van der Waals surface area (Å²) in [5, 5.41) is 15.5. The SMILES string of the molecule is C=C1NC(c2ccc(C(=O)N=[N+]=[N-])cc2)SCCC(C2(CCC)CCC=CC2=O)N1Cc1ccc(OC#N)cc1. The van der Waals surface area contributed by atoms with E-state index >= 15 is 0 Å². The van der Waals surface area contributed by atoms with Gasteiger partial charge in [-0.3, -0.25) is 9.59 Å². The van der Waals surface area contributed by atoms with Crippen molar-refractivity contribution in [2.45, 2.75) is 57.0 Å². The van der Waals surface area contributed by atoms with E-state index in [1.807, 2.05) is 30.3 Å². The molecule has 1 fully saturated rings. The number of nitrogens with zero attached hydrogens (tertiary/aromatic N) is 5. The molecule has 10 heteroatoms. The van der Waals surface area contributed by atoms with Gasteiger partial charge in [0.1, 0.15) is 5.75 Å². The molecule has 1 heterocycles. The van der Waals surface area contributed by atoms with Crippen molar-refractivity contribution in [2.75, 3.05) is 5.75 Å². The number of ketones is 1. The molecule has 0 aromatic heterocycles. The normalized spacial score (nSPS) is 22.8. The highest BCUT2D eigenvalue weighted by molar-refractivity contribution is 7.99. The zero-order chi connectivity index (χ0) is 28.5. The molecule has 40 heavy (non-hydrogen) atoms. The van der Waals surface area contributed by atoms with Crippen LogP contribution in [0.4, 0.5) is 0 Å². The number of azide groups is 1. The molecule has 0 spiro atoms. The van der Waals surface area contributed by atoms with E-state index in [1.165, 1.54) is 0 Å². The number of hydrogen-bond donors (Lipinski definition) is 1. The second kappa shape index (κ2) is 13.2. The third kappa shape index (κ3) is 6.33. The minimum absolute atomic E-state index is 0.0581. The minimum Gasteiger partial charge on any atom is -0.388 e. The topological polar surface area (TPSA) is 131 Å². The molecule has 1 aliphatic carbocycles. The molecule has 206 valence electrons. The molecule has 1 N–H and O–H groups in total. The van der Waals surface area contributed by atoms with E-state index in [0.29, 0.717) is 23.7 Å². The smallest absolute Gasteiger partial charge is 0.292 e. The van der Waals surface area contributed by atoms with Gasteiger partial charge in [0.15, 0.2) is 5.78 Å². The molecule has 3 atom stereocenters. The van der Waals surface area contributed by atoms with Crippen molar-refractivity contribution in [3.63, 3.8) is 0 Å². The Morgan fingerprint density at radius 2 is 2.05 bits per heavy atom. The van der Waals surface area contributed by atoms with E-state index < -0.39 is 11.3 Å². The molecule has 2 aliphatic rings. The van der Waals surface area contributed by atoms with Gasteiger partial charge in [0, 0.05) is 23.1 Å².